The Morgan fingerprint density at radius 1 is 0.516 bits per heavy atom. The number of hydrogen-bond acceptors (Lipinski definition) is 1. The van der Waals surface area contributed by atoms with Gasteiger partial charge in [0, 0.05) is 10.8 Å². The number of furan rings is 1. The van der Waals surface area contributed by atoms with Crippen LogP contribution in [0.4, 0.5) is 0 Å². The highest BCUT2D eigenvalue weighted by Gasteiger charge is 2.13. The van der Waals surface area contributed by atoms with E-state index in [0.717, 1.165) is 43.3 Å². The molecule has 1 heterocycles. The van der Waals surface area contributed by atoms with E-state index < -0.39 is 0 Å². The zero-order valence-corrected chi connectivity index (χ0v) is 16.6. The molecule has 31 heavy (non-hydrogen) atoms. The maximum atomic E-state index is 9.31. The van der Waals surface area contributed by atoms with E-state index in [4.69, 9.17) is 7.16 Å². The fourth-order valence-electron chi connectivity index (χ4n) is 4.68. The molecule has 0 aliphatic heterocycles. The van der Waals surface area contributed by atoms with Crippen LogP contribution in [0.3, 0.4) is 0 Å². The summed E-state index contributed by atoms with van der Waals surface area (Å²) in [4.78, 5) is 0. The van der Waals surface area contributed by atoms with E-state index in [9.17, 15) is 1.37 Å². The van der Waals surface area contributed by atoms with Gasteiger partial charge in [-0.1, -0.05) is 78.8 Å². The third-order valence-electron chi connectivity index (χ3n) is 6.13. The summed E-state index contributed by atoms with van der Waals surface area (Å²) in [6.07, 6.45) is 0. The molecule has 0 radical (unpaired) electrons. The van der Waals surface area contributed by atoms with E-state index in [1.165, 1.54) is 0 Å². The molecule has 1 nitrogen and oxygen atoms in total. The van der Waals surface area contributed by atoms with Crippen molar-refractivity contribution < 1.29 is 8.53 Å². The van der Waals surface area contributed by atoms with Crippen LogP contribution in [0.25, 0.3) is 65.4 Å². The number of rotatable bonds is 1. The van der Waals surface area contributed by atoms with E-state index >= 15 is 0 Å². The van der Waals surface area contributed by atoms with Crippen molar-refractivity contribution in [2.75, 3.05) is 0 Å². The van der Waals surface area contributed by atoms with Gasteiger partial charge in [0.15, 0.2) is 0 Å². The Kier molecular flexibility index (Phi) is 2.80. The quantitative estimate of drug-likeness (QED) is 0.252. The molecule has 1 aromatic heterocycles. The van der Waals surface area contributed by atoms with E-state index in [1.54, 1.807) is 0 Å². The molecule has 1 heteroatoms. The zero-order chi connectivity index (χ0) is 23.0. The highest BCUT2D eigenvalue weighted by atomic mass is 16.3. The molecular formula is C30H18O. The fourth-order valence-corrected chi connectivity index (χ4v) is 4.68. The van der Waals surface area contributed by atoms with E-state index in [2.05, 4.69) is 18.2 Å². The van der Waals surface area contributed by atoms with Gasteiger partial charge in [0.1, 0.15) is 11.2 Å². The highest BCUT2D eigenvalue weighted by molar-refractivity contribution is 6.15. The molecule has 0 saturated heterocycles. The normalized spacial score (nSPS) is 13.2. The molecule has 0 bridgehead atoms. The first-order valence-corrected chi connectivity index (χ1v) is 10.4. The summed E-state index contributed by atoms with van der Waals surface area (Å²) in [5, 5.41) is 7.52. The smallest absolute Gasteiger partial charge is 0.136 e. The van der Waals surface area contributed by atoms with Gasteiger partial charge in [0.05, 0.1) is 4.11 Å². The first kappa shape index (κ1) is 14.0. The van der Waals surface area contributed by atoms with Crippen LogP contribution in [0.2, 0.25) is 0 Å². The molecular weight excluding hydrogens is 376 g/mol. The summed E-state index contributed by atoms with van der Waals surface area (Å²) < 4.78 is 33.2. The third-order valence-corrected chi connectivity index (χ3v) is 6.13. The van der Waals surface area contributed by atoms with Crippen molar-refractivity contribution in [1.82, 2.24) is 0 Å². The van der Waals surface area contributed by atoms with Crippen LogP contribution in [0.5, 0.6) is 0 Å². The van der Waals surface area contributed by atoms with Gasteiger partial charge in [-0.15, -0.1) is 0 Å². The first-order valence-electron chi connectivity index (χ1n) is 11.9. The van der Waals surface area contributed by atoms with Crippen molar-refractivity contribution >= 4 is 54.3 Å². The van der Waals surface area contributed by atoms with Gasteiger partial charge < -0.3 is 4.42 Å². The Balaban J connectivity index is 1.70. The number of fused-ring (bicyclic) bond motifs is 6. The van der Waals surface area contributed by atoms with Crippen LogP contribution in [0.1, 0.15) is 4.11 Å². The van der Waals surface area contributed by atoms with Crippen molar-refractivity contribution in [3.05, 3.63) is 109 Å². The van der Waals surface area contributed by atoms with Gasteiger partial charge in [-0.2, -0.15) is 0 Å². The number of benzene rings is 6. The summed E-state index contributed by atoms with van der Waals surface area (Å²) in [5.41, 5.74) is 2.24. The summed E-state index contributed by atoms with van der Waals surface area (Å²) in [7, 11) is 0. The largest absolute Gasteiger partial charge is 0.456 e. The lowest BCUT2D eigenvalue weighted by molar-refractivity contribution is 0.669. The lowest BCUT2D eigenvalue weighted by Crippen LogP contribution is -1.85. The second kappa shape index (κ2) is 6.20. The molecule has 0 unspecified atom stereocenters. The maximum Gasteiger partial charge on any atom is 0.136 e. The molecule has 0 fully saturated rings. The summed E-state index contributed by atoms with van der Waals surface area (Å²) in [6.45, 7) is 0. The van der Waals surface area contributed by atoms with Gasteiger partial charge in [-0.3, -0.25) is 0 Å². The molecule has 0 spiro atoms. The van der Waals surface area contributed by atoms with E-state index in [1.807, 2.05) is 72.8 Å². The van der Waals surface area contributed by atoms with Crippen molar-refractivity contribution in [2.45, 2.75) is 0 Å². The minimum Gasteiger partial charge on any atom is -0.456 e. The van der Waals surface area contributed by atoms with Gasteiger partial charge >= 0.3 is 0 Å². The standard InChI is InChI=1S/C30H18O/c1-2-8-20-18-29-27(16-19(20)7-1)26-17-23(13-14-28(26)31-29)30-24-11-5-3-9-21(24)15-22-10-4-6-12-25(22)30/h1-18H/i13D,14D,17D. The van der Waals surface area contributed by atoms with Crippen LogP contribution >= 0.6 is 0 Å². The topological polar surface area (TPSA) is 13.1 Å². The van der Waals surface area contributed by atoms with Crippen molar-refractivity contribution in [2.24, 2.45) is 0 Å². The number of hydrogen-bond donors (Lipinski definition) is 0. The average molecular weight is 397 g/mol. The Bertz CT molecular complexity index is 1900. The Labute approximate surface area is 183 Å². The molecule has 0 amide bonds. The third kappa shape index (κ3) is 2.44. The molecule has 0 aliphatic rings. The highest BCUT2D eigenvalue weighted by Crippen LogP contribution is 2.40. The minimum absolute atomic E-state index is 0.0123. The maximum absolute atomic E-state index is 9.31. The van der Waals surface area contributed by atoms with Crippen LogP contribution in [0, 0.1) is 0 Å². The van der Waals surface area contributed by atoms with Crippen LogP contribution in [-0.2, 0) is 0 Å². The van der Waals surface area contributed by atoms with E-state index in [-0.39, 0.29) is 18.1 Å². The van der Waals surface area contributed by atoms with Crippen molar-refractivity contribution in [1.29, 1.82) is 0 Å². The van der Waals surface area contributed by atoms with Crippen molar-refractivity contribution in [3.63, 3.8) is 0 Å². The van der Waals surface area contributed by atoms with E-state index in [0.29, 0.717) is 22.1 Å². The Hall–Kier alpha value is -4.10. The average Bonchev–Trinajstić information content (AvgIpc) is 3.24. The fraction of sp³-hybridized carbons (Fsp3) is 0. The van der Waals surface area contributed by atoms with Gasteiger partial charge in [-0.25, -0.2) is 0 Å². The molecule has 0 aliphatic carbocycles. The van der Waals surface area contributed by atoms with Crippen LogP contribution in [-0.4, -0.2) is 0 Å². The summed E-state index contributed by atoms with van der Waals surface area (Å²) >= 11 is 0. The van der Waals surface area contributed by atoms with Gasteiger partial charge in [0.25, 0.3) is 0 Å². The monoisotopic (exact) mass is 397 g/mol. The minimum atomic E-state index is 0.0123. The van der Waals surface area contributed by atoms with Crippen LogP contribution < -0.4 is 0 Å². The lowest BCUT2D eigenvalue weighted by atomic mass is 9.91. The van der Waals surface area contributed by atoms with Crippen LogP contribution in [0.15, 0.2) is 114 Å². The second-order valence-corrected chi connectivity index (χ2v) is 7.95. The molecule has 7 aromatic rings. The summed E-state index contributed by atoms with van der Waals surface area (Å²) in [5.74, 6) is 0. The predicted octanol–water partition coefficient (Wildman–Crippen LogP) is 8.71. The molecule has 144 valence electrons. The lowest BCUT2D eigenvalue weighted by Gasteiger charge is -2.12. The first-order chi connectivity index (χ1) is 16.6. The molecule has 6 aromatic carbocycles. The summed E-state index contributed by atoms with van der Waals surface area (Å²) in [6, 6.07) is 30.5. The zero-order valence-electron chi connectivity index (χ0n) is 19.6. The molecule has 0 saturated carbocycles. The molecule has 0 atom stereocenters. The Morgan fingerprint density at radius 3 is 1.84 bits per heavy atom. The van der Waals surface area contributed by atoms with Gasteiger partial charge in [0.2, 0.25) is 0 Å². The Morgan fingerprint density at radius 2 is 1.13 bits per heavy atom. The SMILES string of the molecule is [2H]c1c(-c2c3ccccc3cc3ccccc23)c([2H])c2c(oc3cc4ccccc4cc32)c1[2H]. The second-order valence-electron chi connectivity index (χ2n) is 7.95. The predicted molar refractivity (Wildman–Crippen MR) is 132 cm³/mol. The molecule has 7 rings (SSSR count). The van der Waals surface area contributed by atoms with Crippen molar-refractivity contribution in [3.8, 4) is 11.1 Å². The van der Waals surface area contributed by atoms with Gasteiger partial charge in [-0.05, 0) is 73.7 Å². The molecule has 0 N–H and O–H groups in total.